The molecule has 3 rings (SSSR count). The number of anilines is 1. The maximum Gasteiger partial charge on any atom is 0.185 e. The molecule has 0 bridgehead atoms. The Hall–Kier alpha value is -2.55. The number of benzene rings is 2. The van der Waals surface area contributed by atoms with E-state index in [4.69, 9.17) is 4.74 Å². The fraction of sp³-hybridized carbons (Fsp3) is 0.286. The zero-order valence-corrected chi connectivity index (χ0v) is 14.5. The van der Waals surface area contributed by atoms with Crippen molar-refractivity contribution in [1.82, 2.24) is 0 Å². The van der Waals surface area contributed by atoms with Crippen LogP contribution in [0.4, 0.5) is 5.69 Å². The molecule has 0 N–H and O–H groups in total. The van der Waals surface area contributed by atoms with E-state index in [1.165, 1.54) is 11.1 Å². The van der Waals surface area contributed by atoms with Crippen LogP contribution in [0.5, 0.6) is 5.75 Å². The van der Waals surface area contributed by atoms with Crippen LogP contribution in [-0.4, -0.2) is 25.5 Å². The third-order valence-corrected chi connectivity index (χ3v) is 4.78. The van der Waals surface area contributed by atoms with Crippen LogP contribution in [0.3, 0.4) is 0 Å². The Labute approximate surface area is 143 Å². The second-order valence-corrected chi connectivity index (χ2v) is 6.34. The fourth-order valence-electron chi connectivity index (χ4n) is 3.15. The lowest BCUT2D eigenvalue weighted by Gasteiger charge is -2.38. The van der Waals surface area contributed by atoms with Crippen LogP contribution in [0.15, 0.2) is 65.7 Å². The smallest absolute Gasteiger partial charge is 0.185 e. The van der Waals surface area contributed by atoms with Crippen LogP contribution in [0.2, 0.25) is 0 Å². The molecule has 1 unspecified atom stereocenters. The molecule has 0 saturated heterocycles. The minimum absolute atomic E-state index is 0.163. The predicted octanol–water partition coefficient (Wildman–Crippen LogP) is 4.49. The maximum atomic E-state index is 13.1. The second-order valence-electron chi connectivity index (χ2n) is 6.34. The SMILES string of the molecule is COc1ccc(N2CC(C)=C(C)CC2C(=O)c2ccccc2)cc1. The predicted molar refractivity (Wildman–Crippen MR) is 97.9 cm³/mol. The highest BCUT2D eigenvalue weighted by molar-refractivity contribution is 6.02. The van der Waals surface area contributed by atoms with Crippen molar-refractivity contribution in [1.29, 1.82) is 0 Å². The van der Waals surface area contributed by atoms with E-state index in [0.29, 0.717) is 0 Å². The Kier molecular flexibility index (Phi) is 4.70. The van der Waals surface area contributed by atoms with Crippen LogP contribution >= 0.6 is 0 Å². The van der Waals surface area contributed by atoms with Gasteiger partial charge in [0.1, 0.15) is 5.75 Å². The molecule has 0 saturated carbocycles. The highest BCUT2D eigenvalue weighted by atomic mass is 16.5. The van der Waals surface area contributed by atoms with Gasteiger partial charge in [0.15, 0.2) is 5.78 Å². The first-order chi connectivity index (χ1) is 11.6. The van der Waals surface area contributed by atoms with Crippen molar-refractivity contribution in [2.45, 2.75) is 26.3 Å². The van der Waals surface area contributed by atoms with Crippen molar-refractivity contribution in [2.75, 3.05) is 18.6 Å². The average Bonchev–Trinajstić information content (AvgIpc) is 2.64. The first-order valence-corrected chi connectivity index (χ1v) is 8.25. The summed E-state index contributed by atoms with van der Waals surface area (Å²) in [5.74, 6) is 1.00. The van der Waals surface area contributed by atoms with E-state index < -0.39 is 0 Å². The summed E-state index contributed by atoms with van der Waals surface area (Å²) in [6.45, 7) is 5.06. The zero-order valence-electron chi connectivity index (χ0n) is 14.5. The summed E-state index contributed by atoms with van der Waals surface area (Å²) in [5.41, 5.74) is 4.47. The van der Waals surface area contributed by atoms with Gasteiger partial charge in [-0.15, -0.1) is 0 Å². The molecule has 0 radical (unpaired) electrons. The molecule has 0 fully saturated rings. The largest absolute Gasteiger partial charge is 0.497 e. The van der Waals surface area contributed by atoms with Gasteiger partial charge in [-0.05, 0) is 44.5 Å². The van der Waals surface area contributed by atoms with E-state index in [0.717, 1.165) is 30.0 Å². The summed E-state index contributed by atoms with van der Waals surface area (Å²) in [5, 5.41) is 0. The van der Waals surface area contributed by atoms with Gasteiger partial charge in [0, 0.05) is 17.8 Å². The molecule has 2 aromatic carbocycles. The van der Waals surface area contributed by atoms with Gasteiger partial charge in [-0.3, -0.25) is 4.79 Å². The van der Waals surface area contributed by atoms with Gasteiger partial charge in [0.05, 0.1) is 13.2 Å². The van der Waals surface area contributed by atoms with Crippen LogP contribution in [-0.2, 0) is 0 Å². The molecule has 1 heterocycles. The second kappa shape index (κ2) is 6.91. The molecule has 0 spiro atoms. The molecule has 24 heavy (non-hydrogen) atoms. The van der Waals surface area contributed by atoms with Crippen LogP contribution in [0.25, 0.3) is 0 Å². The Morgan fingerprint density at radius 3 is 2.29 bits per heavy atom. The van der Waals surface area contributed by atoms with Gasteiger partial charge in [-0.25, -0.2) is 0 Å². The molecule has 2 aromatic rings. The lowest BCUT2D eigenvalue weighted by molar-refractivity contribution is 0.0955. The molecule has 3 nitrogen and oxygen atoms in total. The number of methoxy groups -OCH3 is 1. The fourth-order valence-corrected chi connectivity index (χ4v) is 3.15. The van der Waals surface area contributed by atoms with Gasteiger partial charge >= 0.3 is 0 Å². The highest BCUT2D eigenvalue weighted by Crippen LogP contribution is 2.31. The molecule has 1 aliphatic heterocycles. The average molecular weight is 321 g/mol. The number of rotatable bonds is 4. The Morgan fingerprint density at radius 2 is 1.67 bits per heavy atom. The van der Waals surface area contributed by atoms with Crippen molar-refractivity contribution in [3.63, 3.8) is 0 Å². The third kappa shape index (κ3) is 3.21. The van der Waals surface area contributed by atoms with Crippen molar-refractivity contribution in [3.05, 3.63) is 71.3 Å². The molecular weight excluding hydrogens is 298 g/mol. The molecule has 124 valence electrons. The summed E-state index contributed by atoms with van der Waals surface area (Å²) in [4.78, 5) is 15.3. The van der Waals surface area contributed by atoms with Crippen molar-refractivity contribution in [2.24, 2.45) is 0 Å². The first kappa shape index (κ1) is 16.3. The Balaban J connectivity index is 1.95. The quantitative estimate of drug-likeness (QED) is 0.614. The number of nitrogens with zero attached hydrogens (tertiary/aromatic N) is 1. The van der Waals surface area contributed by atoms with Crippen molar-refractivity contribution in [3.8, 4) is 5.75 Å². The van der Waals surface area contributed by atoms with Crippen LogP contribution in [0, 0.1) is 0 Å². The molecule has 1 aliphatic rings. The molecule has 3 heteroatoms. The van der Waals surface area contributed by atoms with Crippen molar-refractivity contribution >= 4 is 11.5 Å². The monoisotopic (exact) mass is 321 g/mol. The summed E-state index contributed by atoms with van der Waals surface area (Å²) in [6.07, 6.45) is 0.769. The standard InChI is InChI=1S/C21H23NO2/c1-15-13-20(21(23)17-7-5-4-6-8-17)22(14-16(15)2)18-9-11-19(24-3)12-10-18/h4-12,20H,13-14H2,1-3H3. The number of carbonyl (C=O) groups excluding carboxylic acids is 1. The molecular formula is C21H23NO2. The lowest BCUT2D eigenvalue weighted by atomic mass is 9.90. The Morgan fingerprint density at radius 1 is 1.00 bits per heavy atom. The van der Waals surface area contributed by atoms with Crippen LogP contribution in [0.1, 0.15) is 30.6 Å². The minimum atomic E-state index is -0.163. The van der Waals surface area contributed by atoms with Crippen LogP contribution < -0.4 is 9.64 Å². The number of ketones is 1. The lowest BCUT2D eigenvalue weighted by Crippen LogP contribution is -2.45. The number of hydrogen-bond donors (Lipinski definition) is 0. The number of Topliss-reactive ketones (excluding diaryl/α,β-unsaturated/α-hetero) is 1. The summed E-state index contributed by atoms with van der Waals surface area (Å²) < 4.78 is 5.24. The van der Waals surface area contributed by atoms with E-state index in [2.05, 4.69) is 18.7 Å². The van der Waals surface area contributed by atoms with Gasteiger partial charge in [0.25, 0.3) is 0 Å². The van der Waals surface area contributed by atoms with Gasteiger partial charge in [-0.1, -0.05) is 41.5 Å². The minimum Gasteiger partial charge on any atom is -0.497 e. The van der Waals surface area contributed by atoms with E-state index in [1.54, 1.807) is 7.11 Å². The topological polar surface area (TPSA) is 29.5 Å². The van der Waals surface area contributed by atoms with Gasteiger partial charge in [0.2, 0.25) is 0 Å². The number of hydrogen-bond acceptors (Lipinski definition) is 3. The summed E-state index contributed by atoms with van der Waals surface area (Å²) in [6, 6.07) is 17.3. The maximum absolute atomic E-state index is 13.1. The number of carbonyl (C=O) groups is 1. The molecule has 0 aliphatic carbocycles. The highest BCUT2D eigenvalue weighted by Gasteiger charge is 2.31. The van der Waals surface area contributed by atoms with E-state index in [1.807, 2.05) is 54.6 Å². The first-order valence-electron chi connectivity index (χ1n) is 8.25. The zero-order chi connectivity index (χ0) is 17.1. The van der Waals surface area contributed by atoms with Gasteiger partial charge in [-0.2, -0.15) is 0 Å². The van der Waals surface area contributed by atoms with E-state index in [9.17, 15) is 4.79 Å². The number of ether oxygens (including phenoxy) is 1. The molecule has 0 amide bonds. The van der Waals surface area contributed by atoms with E-state index in [-0.39, 0.29) is 11.8 Å². The molecule has 1 atom stereocenters. The third-order valence-electron chi connectivity index (χ3n) is 4.78. The normalized spacial score (nSPS) is 17.8. The molecule has 0 aromatic heterocycles. The van der Waals surface area contributed by atoms with Gasteiger partial charge < -0.3 is 9.64 Å². The van der Waals surface area contributed by atoms with Crippen molar-refractivity contribution < 1.29 is 9.53 Å². The summed E-state index contributed by atoms with van der Waals surface area (Å²) >= 11 is 0. The Bertz CT molecular complexity index is 747. The summed E-state index contributed by atoms with van der Waals surface area (Å²) in [7, 11) is 1.66. The van der Waals surface area contributed by atoms with E-state index >= 15 is 0 Å².